The van der Waals surface area contributed by atoms with E-state index in [4.69, 9.17) is 12.2 Å². The molecular weight excluding hydrogens is 459 g/mol. The second-order valence-electron chi connectivity index (χ2n) is 7.25. The van der Waals surface area contributed by atoms with Gasteiger partial charge in [0.25, 0.3) is 5.91 Å². The summed E-state index contributed by atoms with van der Waals surface area (Å²) in [6.07, 6.45) is -0.954. The number of aliphatic carboxylic acids is 1. The number of halogens is 3. The highest BCUT2D eigenvalue weighted by Gasteiger charge is 2.40. The van der Waals surface area contributed by atoms with Gasteiger partial charge in [-0.15, -0.1) is 0 Å². The first kappa shape index (κ1) is 24.0. The molecule has 2 aromatic carbocycles. The summed E-state index contributed by atoms with van der Waals surface area (Å²) in [5.74, 6) is -1.52. The molecule has 1 aliphatic rings. The third kappa shape index (κ3) is 5.39. The molecule has 1 N–H and O–H groups in total. The molecule has 1 heterocycles. The van der Waals surface area contributed by atoms with Crippen LogP contribution in [0.15, 0.2) is 53.4 Å². The molecule has 0 spiro atoms. The van der Waals surface area contributed by atoms with Crippen LogP contribution >= 0.6 is 24.0 Å². The lowest BCUT2D eigenvalue weighted by Crippen LogP contribution is -2.43. The van der Waals surface area contributed by atoms with Gasteiger partial charge in [-0.3, -0.25) is 9.69 Å². The van der Waals surface area contributed by atoms with E-state index in [0.29, 0.717) is 28.9 Å². The predicted molar refractivity (Wildman–Crippen MR) is 123 cm³/mol. The van der Waals surface area contributed by atoms with E-state index in [0.717, 1.165) is 35.9 Å². The zero-order chi connectivity index (χ0) is 23.5. The summed E-state index contributed by atoms with van der Waals surface area (Å²) >= 11 is 6.32. The van der Waals surface area contributed by atoms with E-state index in [1.807, 2.05) is 6.92 Å². The van der Waals surface area contributed by atoms with E-state index in [1.54, 1.807) is 30.3 Å². The van der Waals surface area contributed by atoms with Gasteiger partial charge in [-0.2, -0.15) is 13.2 Å². The molecule has 9 heteroatoms. The number of amides is 1. The van der Waals surface area contributed by atoms with Gasteiger partial charge < -0.3 is 5.11 Å². The van der Waals surface area contributed by atoms with Gasteiger partial charge in [0, 0.05) is 0 Å². The van der Waals surface area contributed by atoms with E-state index in [2.05, 4.69) is 0 Å². The molecule has 0 aromatic heterocycles. The average molecular weight is 480 g/mol. The number of hydrogen-bond donors (Lipinski definition) is 1. The van der Waals surface area contributed by atoms with Crippen molar-refractivity contribution in [3.63, 3.8) is 0 Å². The van der Waals surface area contributed by atoms with E-state index in [9.17, 15) is 27.9 Å². The maximum atomic E-state index is 12.8. The lowest BCUT2D eigenvalue weighted by atomic mass is 10.0. The number of rotatable bonds is 7. The van der Waals surface area contributed by atoms with Gasteiger partial charge in [0.1, 0.15) is 10.4 Å². The minimum Gasteiger partial charge on any atom is -0.480 e. The molecule has 1 atom stereocenters. The minimum atomic E-state index is -4.38. The third-order valence-corrected chi connectivity index (χ3v) is 6.34. The Morgan fingerprint density at radius 3 is 2.19 bits per heavy atom. The smallest absolute Gasteiger partial charge is 0.416 e. The second kappa shape index (κ2) is 9.87. The average Bonchev–Trinajstić information content (AvgIpc) is 3.01. The number of hydrogen-bond acceptors (Lipinski definition) is 4. The summed E-state index contributed by atoms with van der Waals surface area (Å²) in [7, 11) is 0. The molecule has 1 fully saturated rings. The van der Waals surface area contributed by atoms with Crippen LogP contribution in [0.1, 0.15) is 37.3 Å². The van der Waals surface area contributed by atoms with Crippen molar-refractivity contribution in [2.75, 3.05) is 0 Å². The Kier molecular flexibility index (Phi) is 7.40. The van der Waals surface area contributed by atoms with Crippen molar-refractivity contribution in [3.05, 3.63) is 64.6 Å². The van der Waals surface area contributed by atoms with Gasteiger partial charge in [-0.05, 0) is 41.3 Å². The van der Waals surface area contributed by atoms with Crippen LogP contribution < -0.4 is 0 Å². The van der Waals surface area contributed by atoms with Crippen molar-refractivity contribution in [1.29, 1.82) is 0 Å². The number of alkyl halides is 3. The van der Waals surface area contributed by atoms with E-state index >= 15 is 0 Å². The number of carbonyl (C=O) groups is 2. The van der Waals surface area contributed by atoms with Crippen LogP contribution in [-0.2, 0) is 15.8 Å². The number of carboxylic acids is 1. The number of benzene rings is 2. The van der Waals surface area contributed by atoms with Crippen LogP contribution in [0.3, 0.4) is 0 Å². The van der Waals surface area contributed by atoms with E-state index in [1.165, 1.54) is 17.0 Å². The fourth-order valence-corrected chi connectivity index (χ4v) is 4.64. The first-order valence-corrected chi connectivity index (χ1v) is 11.1. The van der Waals surface area contributed by atoms with Crippen molar-refractivity contribution in [2.24, 2.45) is 0 Å². The minimum absolute atomic E-state index is 0.214. The summed E-state index contributed by atoms with van der Waals surface area (Å²) < 4.78 is 38.4. The molecule has 1 saturated heterocycles. The van der Waals surface area contributed by atoms with Crippen molar-refractivity contribution in [3.8, 4) is 11.1 Å². The highest BCUT2D eigenvalue weighted by Crippen LogP contribution is 2.35. The number of unbranched alkanes of at least 4 members (excludes halogenated alkanes) is 1. The Balaban J connectivity index is 1.78. The monoisotopic (exact) mass is 479 g/mol. The summed E-state index contributed by atoms with van der Waals surface area (Å²) in [5, 5.41) is 9.53. The number of nitrogens with zero attached hydrogens (tertiary/aromatic N) is 1. The van der Waals surface area contributed by atoms with Crippen LogP contribution in [0.25, 0.3) is 17.2 Å². The van der Waals surface area contributed by atoms with Gasteiger partial charge in [0.2, 0.25) is 0 Å². The molecule has 0 unspecified atom stereocenters. The third-order valence-electron chi connectivity index (χ3n) is 5.01. The Morgan fingerprint density at radius 1 is 1.12 bits per heavy atom. The molecular formula is C23H20F3NO3S2. The van der Waals surface area contributed by atoms with Crippen LogP contribution in [0.2, 0.25) is 0 Å². The Bertz CT molecular complexity index is 1050. The van der Waals surface area contributed by atoms with Gasteiger partial charge in [-0.1, -0.05) is 80.1 Å². The zero-order valence-corrected chi connectivity index (χ0v) is 18.7. The molecule has 0 radical (unpaired) electrons. The van der Waals surface area contributed by atoms with Gasteiger partial charge in [0.05, 0.1) is 10.5 Å². The van der Waals surface area contributed by atoms with Crippen LogP contribution in [0, 0.1) is 0 Å². The number of thioether (sulfide) groups is 1. The highest BCUT2D eigenvalue weighted by atomic mass is 32.2. The molecule has 32 heavy (non-hydrogen) atoms. The highest BCUT2D eigenvalue weighted by molar-refractivity contribution is 8.26. The molecule has 0 saturated carbocycles. The maximum absolute atomic E-state index is 12.8. The summed E-state index contributed by atoms with van der Waals surface area (Å²) in [6.45, 7) is 1.94. The number of carboxylic acid groups (broad SMARTS) is 1. The zero-order valence-electron chi connectivity index (χ0n) is 17.1. The van der Waals surface area contributed by atoms with Crippen molar-refractivity contribution >= 4 is 46.3 Å². The van der Waals surface area contributed by atoms with Crippen molar-refractivity contribution in [1.82, 2.24) is 4.90 Å². The normalized spacial score (nSPS) is 16.6. The van der Waals surface area contributed by atoms with Crippen LogP contribution in [0.4, 0.5) is 13.2 Å². The fourth-order valence-electron chi connectivity index (χ4n) is 3.28. The Hall–Kier alpha value is -2.65. The van der Waals surface area contributed by atoms with E-state index in [-0.39, 0.29) is 4.32 Å². The standard InChI is InChI=1S/C23H20F3NO3S2/c1-2-3-4-18(21(29)30)27-20(28)19(32-22(27)31)13-14-5-7-15(8-6-14)16-9-11-17(12-10-16)23(24,25)26/h5-13,18H,2-4H2,1H3,(H,29,30)/b19-13-/t18-/m0/s1. The first-order valence-electron chi connectivity index (χ1n) is 9.89. The lowest BCUT2D eigenvalue weighted by molar-refractivity contribution is -0.145. The number of thiocarbonyl (C=S) groups is 1. The largest absolute Gasteiger partial charge is 0.480 e. The quantitative estimate of drug-likeness (QED) is 0.378. The molecule has 1 aliphatic heterocycles. The van der Waals surface area contributed by atoms with Crippen LogP contribution in [0.5, 0.6) is 0 Å². The van der Waals surface area contributed by atoms with Crippen LogP contribution in [-0.4, -0.2) is 32.2 Å². The SMILES string of the molecule is CCCC[C@@H](C(=O)O)N1C(=O)/C(=C/c2ccc(-c3ccc(C(F)(F)F)cc3)cc2)SC1=S. The topological polar surface area (TPSA) is 57.6 Å². The van der Waals surface area contributed by atoms with E-state index < -0.39 is 29.7 Å². The molecule has 0 aliphatic carbocycles. The molecule has 2 aromatic rings. The van der Waals surface area contributed by atoms with Crippen molar-refractivity contribution < 1.29 is 27.9 Å². The molecule has 3 rings (SSSR count). The van der Waals surface area contributed by atoms with Gasteiger partial charge in [0.15, 0.2) is 0 Å². The molecule has 1 amide bonds. The fraction of sp³-hybridized carbons (Fsp3) is 0.261. The maximum Gasteiger partial charge on any atom is 0.416 e. The molecule has 168 valence electrons. The summed E-state index contributed by atoms with van der Waals surface area (Å²) in [6, 6.07) is 10.9. The lowest BCUT2D eigenvalue weighted by Gasteiger charge is -2.22. The predicted octanol–water partition coefficient (Wildman–Crippen LogP) is 6.22. The van der Waals surface area contributed by atoms with Gasteiger partial charge in [-0.25, -0.2) is 4.79 Å². The summed E-state index contributed by atoms with van der Waals surface area (Å²) in [5.41, 5.74) is 1.35. The summed E-state index contributed by atoms with van der Waals surface area (Å²) in [4.78, 5) is 26.0. The number of carbonyl (C=O) groups excluding carboxylic acids is 1. The Labute approximate surface area is 193 Å². The first-order chi connectivity index (χ1) is 15.1. The second-order valence-corrected chi connectivity index (χ2v) is 8.92. The van der Waals surface area contributed by atoms with Gasteiger partial charge >= 0.3 is 12.1 Å². The van der Waals surface area contributed by atoms with Crippen molar-refractivity contribution in [2.45, 2.75) is 38.4 Å². The Morgan fingerprint density at radius 2 is 1.69 bits per heavy atom. The molecule has 0 bridgehead atoms. The molecule has 4 nitrogen and oxygen atoms in total.